The van der Waals surface area contributed by atoms with Gasteiger partial charge in [-0.2, -0.15) is 0 Å². The van der Waals surface area contributed by atoms with Gasteiger partial charge in [0.2, 0.25) is 0 Å². The molecule has 0 unspecified atom stereocenters. The highest BCUT2D eigenvalue weighted by Crippen LogP contribution is 2.18. The summed E-state index contributed by atoms with van der Waals surface area (Å²) in [4.78, 5) is 35.9. The maximum atomic E-state index is 13.1. The first-order chi connectivity index (χ1) is 13.3. The highest BCUT2D eigenvalue weighted by molar-refractivity contribution is 6.30. The maximum Gasteiger partial charge on any atom is 0.305 e. The van der Waals surface area contributed by atoms with Crippen LogP contribution in [0.3, 0.4) is 0 Å². The number of aromatic amines is 1. The Kier molecular flexibility index (Phi) is 5.60. The Balaban J connectivity index is 1.85. The Hall–Kier alpha value is -3.39. The summed E-state index contributed by atoms with van der Waals surface area (Å²) in [5.74, 6) is -2.28. The summed E-state index contributed by atoms with van der Waals surface area (Å²) in [7, 11) is 0. The smallest absolute Gasteiger partial charge is 0.305 e. The number of rotatable bonds is 6. The van der Waals surface area contributed by atoms with Crippen molar-refractivity contribution in [3.63, 3.8) is 0 Å². The first-order valence-corrected chi connectivity index (χ1v) is 8.57. The number of nitrogens with one attached hydrogen (secondary N) is 2. The molecule has 3 rings (SSSR count). The van der Waals surface area contributed by atoms with Crippen LogP contribution in [0.15, 0.2) is 59.4 Å². The van der Waals surface area contributed by atoms with Gasteiger partial charge in [0.05, 0.1) is 18.2 Å². The van der Waals surface area contributed by atoms with Gasteiger partial charge in [0.25, 0.3) is 11.5 Å². The fourth-order valence-electron chi connectivity index (χ4n) is 2.65. The minimum Gasteiger partial charge on any atom is -0.481 e. The number of benzene rings is 2. The van der Waals surface area contributed by atoms with Crippen LogP contribution in [0, 0.1) is 5.82 Å². The van der Waals surface area contributed by atoms with Crippen LogP contribution in [0.25, 0.3) is 5.69 Å². The van der Waals surface area contributed by atoms with Crippen molar-refractivity contribution in [3.8, 4) is 5.69 Å². The predicted molar refractivity (Wildman–Crippen MR) is 100 cm³/mol. The van der Waals surface area contributed by atoms with Gasteiger partial charge < -0.3 is 10.4 Å². The molecule has 0 bridgehead atoms. The van der Waals surface area contributed by atoms with Crippen molar-refractivity contribution in [3.05, 3.63) is 87.0 Å². The standard InChI is InChI=1S/C19H15ClFN3O4/c20-12-3-7-14(8-4-12)24-17(25)9-16(23-24)19(28)22-15(10-18(26)27)11-1-5-13(21)6-2-11/h1-9,15,23H,10H2,(H,22,28)(H,26,27)/t15-/m0/s1. The normalized spacial score (nSPS) is 11.8. The largest absolute Gasteiger partial charge is 0.481 e. The van der Waals surface area contributed by atoms with E-state index in [0.717, 1.165) is 10.7 Å². The van der Waals surface area contributed by atoms with E-state index in [0.29, 0.717) is 16.3 Å². The van der Waals surface area contributed by atoms with Crippen LogP contribution in [0.4, 0.5) is 4.39 Å². The van der Waals surface area contributed by atoms with Crippen molar-refractivity contribution in [2.24, 2.45) is 0 Å². The van der Waals surface area contributed by atoms with E-state index >= 15 is 0 Å². The lowest BCUT2D eigenvalue weighted by atomic mass is 10.0. The van der Waals surface area contributed by atoms with Gasteiger partial charge in [0, 0.05) is 11.1 Å². The van der Waals surface area contributed by atoms with Crippen LogP contribution in [0.1, 0.15) is 28.5 Å². The van der Waals surface area contributed by atoms with E-state index < -0.39 is 35.7 Å². The first kappa shape index (κ1) is 19.4. The Bertz CT molecular complexity index is 1060. The zero-order valence-corrected chi connectivity index (χ0v) is 15.1. The number of hydrogen-bond acceptors (Lipinski definition) is 3. The second-order valence-electron chi connectivity index (χ2n) is 6.00. The Labute approximate surface area is 163 Å². The van der Waals surface area contributed by atoms with E-state index in [-0.39, 0.29) is 5.69 Å². The van der Waals surface area contributed by atoms with Crippen molar-refractivity contribution < 1.29 is 19.1 Å². The highest BCUT2D eigenvalue weighted by atomic mass is 35.5. The van der Waals surface area contributed by atoms with Gasteiger partial charge in [-0.05, 0) is 42.0 Å². The molecule has 0 saturated heterocycles. The minimum atomic E-state index is -1.14. The molecule has 2 aromatic carbocycles. The first-order valence-electron chi connectivity index (χ1n) is 8.19. The van der Waals surface area contributed by atoms with Crippen LogP contribution in [-0.2, 0) is 4.79 Å². The van der Waals surface area contributed by atoms with E-state index in [1.54, 1.807) is 24.3 Å². The van der Waals surface area contributed by atoms with Crippen molar-refractivity contribution in [2.75, 3.05) is 0 Å². The molecule has 0 aliphatic heterocycles. The summed E-state index contributed by atoms with van der Waals surface area (Å²) in [5.41, 5.74) is 0.396. The summed E-state index contributed by atoms with van der Waals surface area (Å²) < 4.78 is 14.3. The molecule has 0 fully saturated rings. The van der Waals surface area contributed by atoms with Gasteiger partial charge >= 0.3 is 5.97 Å². The molecule has 1 aromatic heterocycles. The van der Waals surface area contributed by atoms with Crippen LogP contribution >= 0.6 is 11.6 Å². The van der Waals surface area contributed by atoms with Crippen LogP contribution in [0.5, 0.6) is 0 Å². The molecule has 1 atom stereocenters. The Morgan fingerprint density at radius 3 is 2.39 bits per heavy atom. The van der Waals surface area contributed by atoms with Crippen molar-refractivity contribution >= 4 is 23.5 Å². The van der Waals surface area contributed by atoms with Crippen LogP contribution in [-0.4, -0.2) is 26.8 Å². The van der Waals surface area contributed by atoms with E-state index in [9.17, 15) is 18.8 Å². The van der Waals surface area contributed by atoms with Gasteiger partial charge in [-0.3, -0.25) is 19.5 Å². The van der Waals surface area contributed by atoms with Gasteiger partial charge in [-0.25, -0.2) is 9.07 Å². The number of halogens is 2. The zero-order valence-electron chi connectivity index (χ0n) is 14.4. The lowest BCUT2D eigenvalue weighted by Gasteiger charge is -2.17. The third-order valence-corrected chi connectivity index (χ3v) is 4.26. The second kappa shape index (κ2) is 8.10. The quantitative estimate of drug-likeness (QED) is 0.588. The number of H-pyrrole nitrogens is 1. The minimum absolute atomic E-state index is 0.0440. The number of carboxylic acid groups (broad SMARTS) is 1. The van der Waals surface area contributed by atoms with Crippen molar-refractivity contribution in [1.82, 2.24) is 15.1 Å². The molecule has 1 heterocycles. The van der Waals surface area contributed by atoms with E-state index in [4.69, 9.17) is 16.7 Å². The number of amides is 1. The molecular weight excluding hydrogens is 389 g/mol. The molecule has 0 saturated carbocycles. The van der Waals surface area contributed by atoms with Gasteiger partial charge in [-0.15, -0.1) is 0 Å². The van der Waals surface area contributed by atoms with Gasteiger partial charge in [0.1, 0.15) is 11.5 Å². The topological polar surface area (TPSA) is 104 Å². The van der Waals surface area contributed by atoms with Crippen LogP contribution in [0.2, 0.25) is 5.02 Å². The number of carbonyl (C=O) groups is 2. The number of hydrogen-bond donors (Lipinski definition) is 3. The van der Waals surface area contributed by atoms with Gasteiger partial charge in [0.15, 0.2) is 0 Å². The molecule has 3 N–H and O–H groups in total. The number of nitrogens with zero attached hydrogens (tertiary/aromatic N) is 1. The average molecular weight is 404 g/mol. The van der Waals surface area contributed by atoms with Gasteiger partial charge in [-0.1, -0.05) is 23.7 Å². The molecule has 0 aliphatic rings. The molecule has 3 aromatic rings. The number of aliphatic carboxylic acids is 1. The molecule has 1 amide bonds. The van der Waals surface area contributed by atoms with Crippen molar-refractivity contribution in [1.29, 1.82) is 0 Å². The molecule has 144 valence electrons. The Morgan fingerprint density at radius 1 is 1.14 bits per heavy atom. The third kappa shape index (κ3) is 4.47. The fourth-order valence-corrected chi connectivity index (χ4v) is 2.78. The third-order valence-electron chi connectivity index (χ3n) is 4.01. The van der Waals surface area contributed by atoms with E-state index in [1.807, 2.05) is 0 Å². The summed E-state index contributed by atoms with van der Waals surface area (Å²) in [6.07, 6.45) is -0.403. The van der Waals surface area contributed by atoms with E-state index in [2.05, 4.69) is 10.4 Å². The molecule has 0 aliphatic carbocycles. The van der Waals surface area contributed by atoms with Crippen LogP contribution < -0.4 is 10.9 Å². The Morgan fingerprint density at radius 2 is 1.79 bits per heavy atom. The lowest BCUT2D eigenvalue weighted by molar-refractivity contribution is -0.137. The monoisotopic (exact) mass is 403 g/mol. The molecule has 28 heavy (non-hydrogen) atoms. The zero-order chi connectivity index (χ0) is 20.3. The van der Waals surface area contributed by atoms with E-state index in [1.165, 1.54) is 24.3 Å². The SMILES string of the molecule is O=C(O)C[C@H](NC(=O)c1cc(=O)n(-c2ccc(Cl)cc2)[nH]1)c1ccc(F)cc1. The fraction of sp³-hybridized carbons (Fsp3) is 0.105. The summed E-state index contributed by atoms with van der Waals surface area (Å²) in [6, 6.07) is 11.8. The number of carbonyl (C=O) groups excluding carboxylic acids is 1. The lowest BCUT2D eigenvalue weighted by Crippen LogP contribution is -2.30. The number of carboxylic acids is 1. The van der Waals surface area contributed by atoms with Crippen molar-refractivity contribution in [2.45, 2.75) is 12.5 Å². The molecule has 9 heteroatoms. The molecular formula is C19H15ClFN3O4. The molecule has 7 nitrogen and oxygen atoms in total. The summed E-state index contributed by atoms with van der Waals surface area (Å²) in [6.45, 7) is 0. The summed E-state index contributed by atoms with van der Waals surface area (Å²) >= 11 is 5.83. The molecule has 0 spiro atoms. The second-order valence-corrected chi connectivity index (χ2v) is 6.43. The number of aromatic nitrogens is 2. The average Bonchev–Trinajstić information content (AvgIpc) is 3.04. The maximum absolute atomic E-state index is 13.1. The molecule has 0 radical (unpaired) electrons. The predicted octanol–water partition coefficient (Wildman–Crippen LogP) is 2.90. The highest BCUT2D eigenvalue weighted by Gasteiger charge is 2.21. The summed E-state index contributed by atoms with van der Waals surface area (Å²) in [5, 5.41) is 14.8.